The molecule has 0 saturated carbocycles. The van der Waals surface area contributed by atoms with Crippen molar-refractivity contribution in [2.45, 2.75) is 32.8 Å². The van der Waals surface area contributed by atoms with E-state index in [1.54, 1.807) is 0 Å². The SMILES string of the molecule is CC(C)(C)OC(=O)N1CCNCOCNC(=O)CC1. The van der Waals surface area contributed by atoms with Crippen molar-refractivity contribution in [1.29, 1.82) is 0 Å². The Hall–Kier alpha value is -1.34. The normalized spacial score (nSPS) is 19.3. The van der Waals surface area contributed by atoms with E-state index < -0.39 is 11.7 Å². The maximum atomic E-state index is 12.0. The minimum Gasteiger partial charge on any atom is -0.444 e. The van der Waals surface area contributed by atoms with Gasteiger partial charge < -0.3 is 19.7 Å². The lowest BCUT2D eigenvalue weighted by Gasteiger charge is -2.27. The van der Waals surface area contributed by atoms with Gasteiger partial charge in [0, 0.05) is 26.1 Å². The van der Waals surface area contributed by atoms with Crippen molar-refractivity contribution in [3.05, 3.63) is 0 Å². The summed E-state index contributed by atoms with van der Waals surface area (Å²) in [5.74, 6) is -0.143. The van der Waals surface area contributed by atoms with Crippen LogP contribution in [0.25, 0.3) is 0 Å². The van der Waals surface area contributed by atoms with Gasteiger partial charge in [-0.3, -0.25) is 10.1 Å². The molecule has 0 bridgehead atoms. The number of hydrogen-bond donors (Lipinski definition) is 2. The van der Waals surface area contributed by atoms with E-state index in [2.05, 4.69) is 10.6 Å². The second-order valence-corrected chi connectivity index (χ2v) is 5.31. The zero-order valence-corrected chi connectivity index (χ0v) is 11.8. The predicted molar refractivity (Wildman–Crippen MR) is 69.4 cm³/mol. The molecule has 0 spiro atoms. The number of carbonyl (C=O) groups is 2. The van der Waals surface area contributed by atoms with Gasteiger partial charge >= 0.3 is 6.09 Å². The van der Waals surface area contributed by atoms with Crippen molar-refractivity contribution in [1.82, 2.24) is 15.5 Å². The minimum absolute atomic E-state index is 0.143. The predicted octanol–water partition coefficient (Wildman–Crippen LogP) is 0.265. The molecule has 0 unspecified atom stereocenters. The Bertz CT molecular complexity index is 315. The summed E-state index contributed by atoms with van der Waals surface area (Å²) in [5.41, 5.74) is -0.540. The lowest BCUT2D eigenvalue weighted by Crippen LogP contribution is -2.41. The zero-order chi connectivity index (χ0) is 14.3. The third-order valence-electron chi connectivity index (χ3n) is 2.39. The third kappa shape index (κ3) is 6.97. The van der Waals surface area contributed by atoms with Gasteiger partial charge in [0.05, 0.1) is 6.73 Å². The Morgan fingerprint density at radius 1 is 1.32 bits per heavy atom. The van der Waals surface area contributed by atoms with Crippen molar-refractivity contribution in [2.75, 3.05) is 33.1 Å². The Morgan fingerprint density at radius 3 is 2.74 bits per heavy atom. The molecule has 2 amide bonds. The molecular formula is C12H23N3O4. The van der Waals surface area contributed by atoms with Crippen molar-refractivity contribution < 1.29 is 19.1 Å². The Labute approximate surface area is 113 Å². The molecule has 7 heteroatoms. The van der Waals surface area contributed by atoms with Crippen molar-refractivity contribution >= 4 is 12.0 Å². The van der Waals surface area contributed by atoms with Gasteiger partial charge in [0.15, 0.2) is 0 Å². The second-order valence-electron chi connectivity index (χ2n) is 5.31. The largest absolute Gasteiger partial charge is 0.444 e. The van der Waals surface area contributed by atoms with Crippen LogP contribution in [0.2, 0.25) is 0 Å². The lowest BCUT2D eigenvalue weighted by molar-refractivity contribution is -0.123. The third-order valence-corrected chi connectivity index (χ3v) is 2.39. The van der Waals surface area contributed by atoms with Crippen LogP contribution >= 0.6 is 0 Å². The van der Waals surface area contributed by atoms with Gasteiger partial charge in [0.1, 0.15) is 12.3 Å². The van der Waals surface area contributed by atoms with E-state index in [1.807, 2.05) is 20.8 Å². The first-order valence-electron chi connectivity index (χ1n) is 6.41. The molecule has 0 aromatic rings. The minimum atomic E-state index is -0.540. The molecule has 1 aliphatic heterocycles. The molecule has 1 fully saturated rings. The topological polar surface area (TPSA) is 79.9 Å². The van der Waals surface area contributed by atoms with Crippen LogP contribution in [0.3, 0.4) is 0 Å². The summed E-state index contributed by atoms with van der Waals surface area (Å²) < 4.78 is 10.4. The molecule has 1 saturated heterocycles. The van der Waals surface area contributed by atoms with Crippen LogP contribution in [0.1, 0.15) is 27.2 Å². The number of ether oxygens (including phenoxy) is 2. The highest BCUT2D eigenvalue weighted by molar-refractivity contribution is 5.76. The van der Waals surface area contributed by atoms with Crippen LogP contribution < -0.4 is 10.6 Å². The van der Waals surface area contributed by atoms with Gasteiger partial charge in [-0.05, 0) is 20.8 Å². The quantitative estimate of drug-likeness (QED) is 0.662. The van der Waals surface area contributed by atoms with Gasteiger partial charge in [0.25, 0.3) is 0 Å². The maximum absolute atomic E-state index is 12.0. The zero-order valence-electron chi connectivity index (χ0n) is 11.8. The highest BCUT2D eigenvalue weighted by Crippen LogP contribution is 2.10. The number of nitrogens with zero attached hydrogens (tertiary/aromatic N) is 1. The number of carbonyl (C=O) groups excluding carboxylic acids is 2. The molecule has 0 radical (unpaired) electrons. The summed E-state index contributed by atoms with van der Waals surface area (Å²) in [7, 11) is 0. The lowest BCUT2D eigenvalue weighted by atomic mass is 10.2. The Kier molecular flexibility index (Phi) is 6.04. The summed E-state index contributed by atoms with van der Waals surface area (Å²) in [4.78, 5) is 25.0. The fourth-order valence-electron chi connectivity index (χ4n) is 1.49. The summed E-state index contributed by atoms with van der Waals surface area (Å²) >= 11 is 0. The van der Waals surface area contributed by atoms with Crippen LogP contribution in [0, 0.1) is 0 Å². The van der Waals surface area contributed by atoms with E-state index >= 15 is 0 Å². The molecule has 2 N–H and O–H groups in total. The maximum Gasteiger partial charge on any atom is 0.410 e. The van der Waals surface area contributed by atoms with E-state index in [9.17, 15) is 9.59 Å². The molecule has 0 atom stereocenters. The van der Waals surface area contributed by atoms with Crippen LogP contribution in [-0.2, 0) is 14.3 Å². The number of nitrogens with one attached hydrogen (secondary N) is 2. The second kappa shape index (κ2) is 7.30. The highest BCUT2D eigenvalue weighted by Gasteiger charge is 2.22. The first-order valence-corrected chi connectivity index (χ1v) is 6.41. The Morgan fingerprint density at radius 2 is 2.05 bits per heavy atom. The summed E-state index contributed by atoms with van der Waals surface area (Å²) in [5, 5.41) is 5.63. The van der Waals surface area contributed by atoms with E-state index in [0.717, 1.165) is 0 Å². The Balaban J connectivity index is 2.56. The molecule has 0 aromatic heterocycles. The number of rotatable bonds is 0. The van der Waals surface area contributed by atoms with Gasteiger partial charge in [-0.1, -0.05) is 0 Å². The summed E-state index contributed by atoms with van der Waals surface area (Å²) in [6.45, 7) is 7.37. The number of hydrogen-bond acceptors (Lipinski definition) is 5. The molecular weight excluding hydrogens is 250 g/mol. The van der Waals surface area contributed by atoms with Gasteiger partial charge in [-0.25, -0.2) is 4.79 Å². The monoisotopic (exact) mass is 273 g/mol. The standard InChI is InChI=1S/C12H23N3O4/c1-12(2,3)19-11(17)15-6-4-10(16)14-9-18-8-13-5-7-15/h13H,4-9H2,1-3H3,(H,14,16). The van der Waals surface area contributed by atoms with Gasteiger partial charge in [-0.15, -0.1) is 0 Å². The van der Waals surface area contributed by atoms with Gasteiger partial charge in [-0.2, -0.15) is 0 Å². The van der Waals surface area contributed by atoms with E-state index in [4.69, 9.17) is 9.47 Å². The first kappa shape index (κ1) is 15.7. The smallest absolute Gasteiger partial charge is 0.410 e. The average molecular weight is 273 g/mol. The van der Waals surface area contributed by atoms with Crippen LogP contribution in [-0.4, -0.2) is 55.6 Å². The molecule has 110 valence electrons. The molecule has 7 nitrogen and oxygen atoms in total. The molecule has 1 aliphatic rings. The van der Waals surface area contributed by atoms with E-state index in [1.165, 1.54) is 4.90 Å². The highest BCUT2D eigenvalue weighted by atomic mass is 16.6. The van der Waals surface area contributed by atoms with Crippen LogP contribution in [0.4, 0.5) is 4.79 Å². The van der Waals surface area contributed by atoms with Crippen molar-refractivity contribution in [3.63, 3.8) is 0 Å². The van der Waals surface area contributed by atoms with Crippen LogP contribution in [0.5, 0.6) is 0 Å². The first-order chi connectivity index (χ1) is 8.88. The molecule has 1 rings (SSSR count). The van der Waals surface area contributed by atoms with Crippen molar-refractivity contribution in [3.8, 4) is 0 Å². The molecule has 1 heterocycles. The fourth-order valence-corrected chi connectivity index (χ4v) is 1.49. The average Bonchev–Trinajstić information content (AvgIpc) is 2.32. The van der Waals surface area contributed by atoms with Crippen molar-refractivity contribution in [2.24, 2.45) is 0 Å². The molecule has 0 aliphatic carbocycles. The number of amides is 2. The van der Waals surface area contributed by atoms with E-state index in [-0.39, 0.29) is 19.1 Å². The molecule has 0 aromatic carbocycles. The molecule has 19 heavy (non-hydrogen) atoms. The van der Waals surface area contributed by atoms with E-state index in [0.29, 0.717) is 26.4 Å². The van der Waals surface area contributed by atoms with Crippen LogP contribution in [0.15, 0.2) is 0 Å². The fraction of sp³-hybridized carbons (Fsp3) is 0.833. The summed E-state index contributed by atoms with van der Waals surface area (Å²) in [6.07, 6.45) is -0.162. The summed E-state index contributed by atoms with van der Waals surface area (Å²) in [6, 6.07) is 0. The van der Waals surface area contributed by atoms with Gasteiger partial charge in [0.2, 0.25) is 5.91 Å².